The lowest BCUT2D eigenvalue weighted by Gasteiger charge is -2.45. The van der Waals surface area contributed by atoms with Gasteiger partial charge in [0.1, 0.15) is 5.75 Å². The van der Waals surface area contributed by atoms with E-state index in [1.165, 1.54) is 11.1 Å². The van der Waals surface area contributed by atoms with Gasteiger partial charge in [-0.3, -0.25) is 4.79 Å². The zero-order valence-electron chi connectivity index (χ0n) is 22.9. The van der Waals surface area contributed by atoms with Crippen LogP contribution in [-0.2, 0) is 21.9 Å². The number of ether oxygens (including phenoxy) is 1. The maximum Gasteiger partial charge on any atom is 0.264 e. The predicted octanol–water partition coefficient (Wildman–Crippen LogP) is 5.22. The molecule has 2 aliphatic carbocycles. The number of benzene rings is 2. The summed E-state index contributed by atoms with van der Waals surface area (Å²) in [5.74, 6) is 0.605. The summed E-state index contributed by atoms with van der Waals surface area (Å²) in [6, 6.07) is 11.4. The monoisotopic (exact) mass is 586 g/mol. The third-order valence-electron chi connectivity index (χ3n) is 9.64. The maximum atomic E-state index is 13.1. The summed E-state index contributed by atoms with van der Waals surface area (Å²) in [4.78, 5) is 15.5. The Morgan fingerprint density at radius 1 is 1.02 bits per heavy atom. The van der Waals surface area contributed by atoms with E-state index in [4.69, 9.17) is 16.3 Å². The zero-order valence-corrected chi connectivity index (χ0v) is 24.5. The summed E-state index contributed by atoms with van der Waals surface area (Å²) in [5, 5.41) is 11.8. The van der Waals surface area contributed by atoms with Crippen LogP contribution < -0.4 is 14.4 Å². The summed E-state index contributed by atoms with van der Waals surface area (Å²) in [6.07, 6.45) is 8.49. The number of hydrogen-bond donors (Lipinski definition) is 2. The minimum Gasteiger partial charge on any atom is -0.490 e. The first-order valence-corrected chi connectivity index (χ1v) is 16.8. The third-order valence-corrected chi connectivity index (χ3v) is 11.2. The highest BCUT2D eigenvalue weighted by molar-refractivity contribution is 7.90. The van der Waals surface area contributed by atoms with Crippen molar-refractivity contribution in [3.63, 3.8) is 0 Å². The molecule has 0 radical (unpaired) electrons. The SMILES string of the molecule is O=C1NS(=O)(=O)CCCCCC[C@@H](O)[C@@H]2CC[C@H]2CN2C[C@@]3(CCCc4cc(Cl)ccc43)COc3ccc1cc32. The first-order valence-electron chi connectivity index (χ1n) is 14.8. The number of carbonyl (C=O) groups is 1. The summed E-state index contributed by atoms with van der Waals surface area (Å²) in [5.41, 5.74) is 3.42. The molecule has 2 aromatic rings. The Morgan fingerprint density at radius 3 is 2.70 bits per heavy atom. The van der Waals surface area contributed by atoms with Gasteiger partial charge in [0.25, 0.3) is 5.91 Å². The average molecular weight is 587 g/mol. The van der Waals surface area contributed by atoms with Gasteiger partial charge in [-0.2, -0.15) is 0 Å². The number of aryl methyl sites for hydroxylation is 1. The fraction of sp³-hybridized carbons (Fsp3) is 0.581. The van der Waals surface area contributed by atoms with E-state index >= 15 is 0 Å². The smallest absolute Gasteiger partial charge is 0.264 e. The van der Waals surface area contributed by atoms with Crippen LogP contribution in [-0.4, -0.2) is 51.0 Å². The molecule has 2 aromatic carbocycles. The minimum atomic E-state index is -3.74. The summed E-state index contributed by atoms with van der Waals surface area (Å²) in [7, 11) is -3.74. The van der Waals surface area contributed by atoms with Gasteiger partial charge in [0.2, 0.25) is 10.0 Å². The first kappa shape index (κ1) is 27.9. The highest BCUT2D eigenvalue weighted by atomic mass is 35.5. The number of fused-ring (bicyclic) bond motifs is 4. The van der Waals surface area contributed by atoms with Crippen LogP contribution >= 0.6 is 11.6 Å². The van der Waals surface area contributed by atoms with Crippen LogP contribution in [0.1, 0.15) is 79.3 Å². The molecule has 4 atom stereocenters. The van der Waals surface area contributed by atoms with E-state index in [0.29, 0.717) is 30.3 Å². The Morgan fingerprint density at radius 2 is 1.88 bits per heavy atom. The number of aliphatic hydroxyl groups excluding tert-OH is 1. The Labute approximate surface area is 242 Å². The second kappa shape index (κ2) is 11.2. The van der Waals surface area contributed by atoms with Gasteiger partial charge in [-0.1, -0.05) is 36.9 Å². The second-order valence-corrected chi connectivity index (χ2v) is 14.6. The second-order valence-electron chi connectivity index (χ2n) is 12.3. The van der Waals surface area contributed by atoms with Crippen LogP contribution in [0, 0.1) is 11.8 Å². The molecule has 9 heteroatoms. The third kappa shape index (κ3) is 5.59. The maximum absolute atomic E-state index is 13.1. The Kier molecular flexibility index (Phi) is 7.79. The van der Waals surface area contributed by atoms with E-state index in [0.717, 1.165) is 81.6 Å². The average Bonchev–Trinajstić information content (AvgIpc) is 3.05. The predicted molar refractivity (Wildman–Crippen MR) is 157 cm³/mol. The van der Waals surface area contributed by atoms with Gasteiger partial charge >= 0.3 is 0 Å². The number of aliphatic hydroxyl groups is 1. The van der Waals surface area contributed by atoms with Gasteiger partial charge in [-0.05, 0) is 98.2 Å². The number of hydrogen-bond acceptors (Lipinski definition) is 6. The summed E-state index contributed by atoms with van der Waals surface area (Å²) < 4.78 is 34.1. The van der Waals surface area contributed by atoms with Crippen molar-refractivity contribution in [1.82, 2.24) is 4.72 Å². The van der Waals surface area contributed by atoms with Crippen LogP contribution in [0.3, 0.4) is 0 Å². The van der Waals surface area contributed by atoms with Crippen molar-refractivity contribution in [2.24, 2.45) is 11.8 Å². The Balaban J connectivity index is 1.39. The number of anilines is 1. The Bertz CT molecular complexity index is 1380. The normalized spacial score (nSPS) is 30.5. The molecule has 0 saturated heterocycles. The van der Waals surface area contributed by atoms with Crippen molar-refractivity contribution in [3.05, 3.63) is 58.1 Å². The minimum absolute atomic E-state index is 0.0852. The number of amides is 1. The summed E-state index contributed by atoms with van der Waals surface area (Å²) >= 11 is 6.38. The Hall–Kier alpha value is -2.29. The molecule has 7 nitrogen and oxygen atoms in total. The molecule has 0 aromatic heterocycles. The largest absolute Gasteiger partial charge is 0.490 e. The number of carbonyl (C=O) groups excluding carboxylic acids is 1. The standard InChI is InChI=1S/C31H39ClN2O5S/c32-24-10-12-26-21(16-24)6-5-14-31(26)19-34-18-23-8-11-25(23)28(35)7-3-1-2-4-15-40(37,38)33-30(36)22-9-13-29(39-20-31)27(34)17-22/h9-10,12-13,16-17,23,25,28,35H,1-8,11,14-15,18-20H2,(H,33,36)/t23-,25+,28+,31-/m0/s1. The van der Waals surface area contributed by atoms with Gasteiger partial charge in [-0.25, -0.2) is 13.1 Å². The van der Waals surface area contributed by atoms with E-state index in [9.17, 15) is 18.3 Å². The number of halogens is 1. The lowest BCUT2D eigenvalue weighted by atomic mass is 9.68. The molecule has 1 fully saturated rings. The van der Waals surface area contributed by atoms with Gasteiger partial charge in [0.05, 0.1) is 24.2 Å². The van der Waals surface area contributed by atoms with Gasteiger partial charge in [0, 0.05) is 29.1 Å². The van der Waals surface area contributed by atoms with Crippen LogP contribution in [0.4, 0.5) is 5.69 Å². The molecule has 1 amide bonds. The molecule has 2 bridgehead atoms. The number of sulfonamides is 1. The molecule has 2 aliphatic heterocycles. The molecule has 1 spiro atoms. The van der Waals surface area contributed by atoms with E-state index < -0.39 is 15.9 Å². The van der Waals surface area contributed by atoms with Crippen LogP contribution in [0.5, 0.6) is 5.75 Å². The van der Waals surface area contributed by atoms with Crippen molar-refractivity contribution in [3.8, 4) is 5.75 Å². The van der Waals surface area contributed by atoms with E-state index in [1.54, 1.807) is 18.2 Å². The van der Waals surface area contributed by atoms with Crippen LogP contribution in [0.2, 0.25) is 5.02 Å². The van der Waals surface area contributed by atoms with Gasteiger partial charge in [0.15, 0.2) is 0 Å². The molecule has 2 N–H and O–H groups in total. The van der Waals surface area contributed by atoms with Gasteiger partial charge < -0.3 is 14.7 Å². The molecule has 40 heavy (non-hydrogen) atoms. The first-order chi connectivity index (χ1) is 19.2. The molecule has 216 valence electrons. The topological polar surface area (TPSA) is 95.9 Å². The molecule has 0 unspecified atom stereocenters. The lowest BCUT2D eigenvalue weighted by molar-refractivity contribution is 0.00904. The number of nitrogens with one attached hydrogen (secondary N) is 1. The highest BCUT2D eigenvalue weighted by Crippen LogP contribution is 2.47. The fourth-order valence-corrected chi connectivity index (χ4v) is 8.61. The van der Waals surface area contributed by atoms with Gasteiger partial charge in [-0.15, -0.1) is 0 Å². The lowest BCUT2D eigenvalue weighted by Crippen LogP contribution is -2.49. The number of nitrogens with zero attached hydrogens (tertiary/aromatic N) is 1. The molecule has 4 aliphatic rings. The molecule has 2 heterocycles. The van der Waals surface area contributed by atoms with Crippen LogP contribution in [0.25, 0.3) is 0 Å². The van der Waals surface area contributed by atoms with Crippen LogP contribution in [0.15, 0.2) is 36.4 Å². The van der Waals surface area contributed by atoms with Crippen molar-refractivity contribution >= 4 is 33.2 Å². The van der Waals surface area contributed by atoms with Crippen molar-refractivity contribution in [2.75, 3.05) is 30.3 Å². The molecule has 1 saturated carbocycles. The molecular weight excluding hydrogens is 548 g/mol. The quantitative estimate of drug-likeness (QED) is 0.439. The number of rotatable bonds is 0. The molecule has 6 rings (SSSR count). The highest BCUT2D eigenvalue weighted by Gasteiger charge is 2.44. The van der Waals surface area contributed by atoms with E-state index in [2.05, 4.69) is 21.8 Å². The van der Waals surface area contributed by atoms with Crippen molar-refractivity contribution in [2.45, 2.75) is 75.7 Å². The summed E-state index contributed by atoms with van der Waals surface area (Å²) in [6.45, 7) is 1.99. The molecular formula is C31H39ClN2O5S. The van der Waals surface area contributed by atoms with E-state index in [-0.39, 0.29) is 23.2 Å². The fourth-order valence-electron chi connectivity index (χ4n) is 7.33. The van der Waals surface area contributed by atoms with E-state index in [1.807, 2.05) is 6.07 Å². The van der Waals surface area contributed by atoms with Crippen molar-refractivity contribution in [1.29, 1.82) is 0 Å². The van der Waals surface area contributed by atoms with Crippen molar-refractivity contribution < 1.29 is 23.1 Å². The zero-order chi connectivity index (χ0) is 27.9.